The second kappa shape index (κ2) is 13.2. The van der Waals surface area contributed by atoms with Gasteiger partial charge in [0.25, 0.3) is 0 Å². The lowest BCUT2D eigenvalue weighted by Crippen LogP contribution is -2.55. The van der Waals surface area contributed by atoms with Crippen LogP contribution in [0.15, 0.2) is 210 Å². The van der Waals surface area contributed by atoms with Gasteiger partial charge in [-0.25, -0.2) is 0 Å². The van der Waals surface area contributed by atoms with Crippen molar-refractivity contribution >= 4 is 34.9 Å². The van der Waals surface area contributed by atoms with Crippen molar-refractivity contribution in [3.63, 3.8) is 0 Å². The van der Waals surface area contributed by atoms with Crippen LogP contribution in [0, 0.1) is 0 Å². The molecule has 1 heterocycles. The molecule has 0 saturated carbocycles. The van der Waals surface area contributed by atoms with E-state index in [-0.39, 0.29) is 6.71 Å². The van der Waals surface area contributed by atoms with Gasteiger partial charge in [-0.15, -0.1) is 0 Å². The van der Waals surface area contributed by atoms with Crippen LogP contribution in [0.25, 0.3) is 55.6 Å². The van der Waals surface area contributed by atoms with Crippen LogP contribution < -0.4 is 16.4 Å². The topological polar surface area (TPSA) is 0 Å². The molecule has 234 valence electrons. The third-order valence-electron chi connectivity index (χ3n) is 9.80. The molecule has 50 heavy (non-hydrogen) atoms. The van der Waals surface area contributed by atoms with Crippen LogP contribution in [0.3, 0.4) is 0 Å². The second-order valence-corrected chi connectivity index (χ2v) is 14.0. The fraction of sp³-hybridized carbons (Fsp3) is 0. The summed E-state index contributed by atoms with van der Waals surface area (Å²) in [7, 11) is 0. The van der Waals surface area contributed by atoms with Crippen LogP contribution >= 0.6 is 11.8 Å². The second-order valence-electron chi connectivity index (χ2n) is 12.9. The molecule has 0 fully saturated rings. The number of fused-ring (bicyclic) bond motifs is 2. The Labute approximate surface area is 299 Å². The summed E-state index contributed by atoms with van der Waals surface area (Å²) in [6.45, 7) is 0.234. The van der Waals surface area contributed by atoms with Gasteiger partial charge < -0.3 is 0 Å². The first-order chi connectivity index (χ1) is 24.8. The maximum Gasteiger partial charge on any atom is 0.244 e. The lowest BCUT2D eigenvalue weighted by atomic mass is 9.36. The van der Waals surface area contributed by atoms with Crippen molar-refractivity contribution in [2.45, 2.75) is 9.79 Å². The summed E-state index contributed by atoms with van der Waals surface area (Å²) >= 11 is 1.89. The van der Waals surface area contributed by atoms with Crippen LogP contribution in [0.5, 0.6) is 0 Å². The Hall–Kier alpha value is -5.83. The predicted molar refractivity (Wildman–Crippen MR) is 215 cm³/mol. The number of hydrogen-bond acceptors (Lipinski definition) is 1. The standard InChI is InChI=1S/C48H33BS/c1-3-13-34(14-4-1)35-15-9-16-36(29-35)37-17-10-18-38(30-37)39-19-11-20-40(31-39)41-21-12-22-42(32-41)43-27-28-46-48(33-43)50-47-26-8-7-25-45(47)49(46)44-23-5-2-6-24-44/h1-33H. The summed E-state index contributed by atoms with van der Waals surface area (Å²) in [6, 6.07) is 73.0. The fourth-order valence-electron chi connectivity index (χ4n) is 7.29. The van der Waals surface area contributed by atoms with Crippen LogP contribution in [0.1, 0.15) is 0 Å². The molecule has 8 aromatic rings. The van der Waals surface area contributed by atoms with E-state index in [0.29, 0.717) is 0 Å². The zero-order chi connectivity index (χ0) is 33.3. The van der Waals surface area contributed by atoms with Gasteiger partial charge in [0, 0.05) is 9.79 Å². The normalized spacial score (nSPS) is 11.9. The van der Waals surface area contributed by atoms with Crippen LogP contribution in [0.2, 0.25) is 0 Å². The molecule has 0 spiro atoms. The third kappa shape index (κ3) is 5.89. The quantitative estimate of drug-likeness (QED) is 0.161. The Bertz CT molecular complexity index is 2470. The first kappa shape index (κ1) is 30.2. The average Bonchev–Trinajstić information content (AvgIpc) is 3.20. The van der Waals surface area contributed by atoms with Gasteiger partial charge in [0.15, 0.2) is 0 Å². The van der Waals surface area contributed by atoms with Gasteiger partial charge in [-0.05, 0) is 92.0 Å². The van der Waals surface area contributed by atoms with Gasteiger partial charge in [0.05, 0.1) is 0 Å². The highest BCUT2D eigenvalue weighted by Crippen LogP contribution is 2.35. The zero-order valence-corrected chi connectivity index (χ0v) is 28.4. The van der Waals surface area contributed by atoms with Crippen molar-refractivity contribution in [1.82, 2.24) is 0 Å². The van der Waals surface area contributed by atoms with Crippen LogP contribution in [0.4, 0.5) is 0 Å². The van der Waals surface area contributed by atoms with Crippen molar-refractivity contribution in [2.24, 2.45) is 0 Å². The van der Waals surface area contributed by atoms with Crippen molar-refractivity contribution < 1.29 is 0 Å². The molecule has 0 aliphatic carbocycles. The van der Waals surface area contributed by atoms with Crippen molar-refractivity contribution in [3.8, 4) is 55.6 Å². The summed E-state index contributed by atoms with van der Waals surface area (Å²) in [5.74, 6) is 0. The van der Waals surface area contributed by atoms with Crippen molar-refractivity contribution in [2.75, 3.05) is 0 Å². The van der Waals surface area contributed by atoms with E-state index in [0.717, 1.165) is 0 Å². The number of hydrogen-bond donors (Lipinski definition) is 0. The highest BCUT2D eigenvalue weighted by Gasteiger charge is 2.31. The molecule has 0 nitrogen and oxygen atoms in total. The van der Waals surface area contributed by atoms with Crippen molar-refractivity contribution in [1.29, 1.82) is 0 Å². The average molecular weight is 653 g/mol. The van der Waals surface area contributed by atoms with E-state index in [1.807, 2.05) is 11.8 Å². The highest BCUT2D eigenvalue weighted by atomic mass is 32.2. The molecule has 0 saturated heterocycles. The lowest BCUT2D eigenvalue weighted by Gasteiger charge is -2.26. The SMILES string of the molecule is c1ccc(B2c3ccccc3Sc3cc(-c4cccc(-c5cccc(-c6cccc(-c7cccc(-c8ccccc8)c7)c6)c5)c4)ccc32)cc1. The zero-order valence-electron chi connectivity index (χ0n) is 27.5. The van der Waals surface area contributed by atoms with Gasteiger partial charge in [-0.1, -0.05) is 192 Å². The van der Waals surface area contributed by atoms with E-state index < -0.39 is 0 Å². The molecule has 9 rings (SSSR count). The van der Waals surface area contributed by atoms with E-state index in [1.54, 1.807) is 0 Å². The third-order valence-corrected chi connectivity index (χ3v) is 11.0. The summed E-state index contributed by atoms with van der Waals surface area (Å²) in [4.78, 5) is 2.67. The lowest BCUT2D eigenvalue weighted by molar-refractivity contribution is 1.43. The maximum absolute atomic E-state index is 2.39. The molecule has 0 unspecified atom stereocenters. The summed E-state index contributed by atoms with van der Waals surface area (Å²) in [5, 5.41) is 0. The fourth-order valence-corrected chi connectivity index (χ4v) is 8.46. The molecule has 1 aliphatic heterocycles. The number of rotatable bonds is 6. The Morgan fingerprint density at radius 3 is 1.16 bits per heavy atom. The number of benzene rings is 8. The molecule has 1 aliphatic rings. The maximum atomic E-state index is 2.39. The van der Waals surface area contributed by atoms with Crippen LogP contribution in [-0.4, -0.2) is 6.71 Å². The highest BCUT2D eigenvalue weighted by molar-refractivity contribution is 8.00. The van der Waals surface area contributed by atoms with Gasteiger partial charge in [0.2, 0.25) is 6.71 Å². The first-order valence-electron chi connectivity index (χ1n) is 17.2. The van der Waals surface area contributed by atoms with E-state index >= 15 is 0 Å². The van der Waals surface area contributed by atoms with Gasteiger partial charge in [-0.3, -0.25) is 0 Å². The summed E-state index contributed by atoms with van der Waals surface area (Å²) in [6.07, 6.45) is 0. The largest absolute Gasteiger partial charge is 0.244 e. The van der Waals surface area contributed by atoms with E-state index in [2.05, 4.69) is 200 Å². The Morgan fingerprint density at radius 2 is 0.640 bits per heavy atom. The molecule has 8 aromatic carbocycles. The molecule has 0 atom stereocenters. The molecular weight excluding hydrogens is 619 g/mol. The molecule has 0 radical (unpaired) electrons. The minimum Gasteiger partial charge on any atom is -0.0911 e. The van der Waals surface area contributed by atoms with Gasteiger partial charge >= 0.3 is 0 Å². The van der Waals surface area contributed by atoms with Gasteiger partial charge in [0.1, 0.15) is 0 Å². The molecule has 0 bridgehead atoms. The Balaban J connectivity index is 1.03. The molecule has 0 N–H and O–H groups in total. The molecule has 0 amide bonds. The summed E-state index contributed by atoms with van der Waals surface area (Å²) in [5.41, 5.74) is 16.3. The monoisotopic (exact) mass is 652 g/mol. The molecule has 0 aromatic heterocycles. The van der Waals surface area contributed by atoms with Gasteiger partial charge in [-0.2, -0.15) is 0 Å². The Morgan fingerprint density at radius 1 is 0.260 bits per heavy atom. The predicted octanol–water partition coefficient (Wildman–Crippen LogP) is 11.0. The summed E-state index contributed by atoms with van der Waals surface area (Å²) < 4.78 is 0. The minimum atomic E-state index is 0.234. The molecule has 2 heteroatoms. The van der Waals surface area contributed by atoms with Crippen LogP contribution in [-0.2, 0) is 0 Å². The van der Waals surface area contributed by atoms with E-state index in [4.69, 9.17) is 0 Å². The van der Waals surface area contributed by atoms with E-state index in [9.17, 15) is 0 Å². The minimum absolute atomic E-state index is 0.234. The first-order valence-corrected chi connectivity index (χ1v) is 18.0. The Kier molecular flexibility index (Phi) is 8.01. The molecular formula is C48H33BS. The smallest absolute Gasteiger partial charge is 0.0911 e. The van der Waals surface area contributed by atoms with E-state index in [1.165, 1.54) is 81.8 Å². The van der Waals surface area contributed by atoms with Crippen molar-refractivity contribution in [3.05, 3.63) is 200 Å².